The number of hydrogen-bond acceptors (Lipinski definition) is 2. The fourth-order valence-corrected chi connectivity index (χ4v) is 2.95. The highest BCUT2D eigenvalue weighted by atomic mass is 35.5. The summed E-state index contributed by atoms with van der Waals surface area (Å²) >= 11 is 5.89. The Morgan fingerprint density at radius 3 is 2.24 bits per heavy atom. The highest BCUT2D eigenvalue weighted by Crippen LogP contribution is 2.22. The van der Waals surface area contributed by atoms with Crippen LogP contribution in [0.1, 0.15) is 21.5 Å². The summed E-state index contributed by atoms with van der Waals surface area (Å²) in [5, 5.41) is 0.548. The number of nitrogens with two attached hydrogens (primary N) is 1. The number of carbonyl (C=O) groups excluding carboxylic acids is 1. The van der Waals surface area contributed by atoms with Gasteiger partial charge in [0.1, 0.15) is 0 Å². The molecule has 0 bridgehead atoms. The molecule has 0 fully saturated rings. The summed E-state index contributed by atoms with van der Waals surface area (Å²) in [5.74, 6) is -0.0167. The molecule has 1 amide bonds. The van der Waals surface area contributed by atoms with E-state index < -0.39 is 0 Å². The molecule has 21 heavy (non-hydrogen) atoms. The van der Waals surface area contributed by atoms with Crippen molar-refractivity contribution in [2.75, 3.05) is 18.8 Å². The van der Waals surface area contributed by atoms with Crippen LogP contribution in [-0.2, 0) is 12.8 Å². The quantitative estimate of drug-likeness (QED) is 0.822. The molecule has 3 nitrogen and oxygen atoms in total. The number of benzene rings is 2. The second-order valence-corrected chi connectivity index (χ2v) is 5.73. The first-order valence-electron chi connectivity index (χ1n) is 7.06. The van der Waals surface area contributed by atoms with Crippen LogP contribution in [0.3, 0.4) is 0 Å². The summed E-state index contributed by atoms with van der Waals surface area (Å²) in [4.78, 5) is 14.5. The van der Waals surface area contributed by atoms with Gasteiger partial charge in [0.15, 0.2) is 0 Å². The van der Waals surface area contributed by atoms with Crippen molar-refractivity contribution in [3.05, 3.63) is 64.2 Å². The minimum Gasteiger partial charge on any atom is -0.398 e. The van der Waals surface area contributed by atoms with E-state index in [1.165, 1.54) is 11.1 Å². The second-order valence-electron chi connectivity index (χ2n) is 5.29. The number of halogens is 1. The molecule has 0 saturated carbocycles. The van der Waals surface area contributed by atoms with Gasteiger partial charge in [0, 0.05) is 23.8 Å². The van der Waals surface area contributed by atoms with Crippen LogP contribution in [-0.4, -0.2) is 23.9 Å². The van der Waals surface area contributed by atoms with Crippen molar-refractivity contribution in [1.29, 1.82) is 0 Å². The van der Waals surface area contributed by atoms with Gasteiger partial charge in [-0.2, -0.15) is 0 Å². The van der Waals surface area contributed by atoms with Gasteiger partial charge in [-0.1, -0.05) is 35.9 Å². The summed E-state index contributed by atoms with van der Waals surface area (Å²) in [6, 6.07) is 13.4. The molecule has 1 aliphatic heterocycles. The Balaban J connectivity index is 1.81. The van der Waals surface area contributed by atoms with Gasteiger partial charge >= 0.3 is 0 Å². The summed E-state index contributed by atoms with van der Waals surface area (Å²) < 4.78 is 0. The first kappa shape index (κ1) is 14.0. The van der Waals surface area contributed by atoms with E-state index >= 15 is 0 Å². The van der Waals surface area contributed by atoms with Crippen LogP contribution in [0.25, 0.3) is 0 Å². The molecule has 2 N–H and O–H groups in total. The van der Waals surface area contributed by atoms with Crippen LogP contribution in [0, 0.1) is 0 Å². The third kappa shape index (κ3) is 2.88. The van der Waals surface area contributed by atoms with E-state index in [4.69, 9.17) is 17.3 Å². The van der Waals surface area contributed by atoms with Crippen molar-refractivity contribution in [1.82, 2.24) is 4.90 Å². The number of rotatable bonds is 1. The first-order chi connectivity index (χ1) is 10.1. The van der Waals surface area contributed by atoms with Gasteiger partial charge in [0.05, 0.1) is 5.56 Å². The maximum absolute atomic E-state index is 12.6. The van der Waals surface area contributed by atoms with Crippen molar-refractivity contribution in [2.45, 2.75) is 12.8 Å². The molecule has 0 spiro atoms. The van der Waals surface area contributed by atoms with Crippen molar-refractivity contribution < 1.29 is 4.79 Å². The minimum atomic E-state index is -0.0167. The molecule has 0 aromatic heterocycles. The number of fused-ring (bicyclic) bond motifs is 1. The highest BCUT2D eigenvalue weighted by molar-refractivity contribution is 6.31. The van der Waals surface area contributed by atoms with E-state index in [9.17, 15) is 4.79 Å². The number of anilines is 1. The standard InChI is InChI=1S/C17H17ClN2O/c18-14-5-6-15(16(19)11-14)17(21)20-9-7-12-3-1-2-4-13(12)8-10-20/h1-6,11H,7-10,19H2. The Kier molecular flexibility index (Phi) is 3.84. The summed E-state index contributed by atoms with van der Waals surface area (Å²) in [5.41, 5.74) is 9.55. The first-order valence-corrected chi connectivity index (χ1v) is 7.44. The fraction of sp³-hybridized carbons (Fsp3) is 0.235. The topological polar surface area (TPSA) is 46.3 Å². The normalized spacial score (nSPS) is 14.4. The molecule has 0 aliphatic carbocycles. The monoisotopic (exact) mass is 300 g/mol. The van der Waals surface area contributed by atoms with E-state index in [0.29, 0.717) is 16.3 Å². The SMILES string of the molecule is Nc1cc(Cl)ccc1C(=O)N1CCc2ccccc2CC1. The lowest BCUT2D eigenvalue weighted by molar-refractivity contribution is 0.0764. The zero-order valence-corrected chi connectivity index (χ0v) is 12.4. The summed E-state index contributed by atoms with van der Waals surface area (Å²) in [6.45, 7) is 1.44. The van der Waals surface area contributed by atoms with Gasteiger partial charge in [-0.15, -0.1) is 0 Å². The zero-order chi connectivity index (χ0) is 14.8. The lowest BCUT2D eigenvalue weighted by Crippen LogP contribution is -2.33. The number of amides is 1. The average molecular weight is 301 g/mol. The van der Waals surface area contributed by atoms with Crippen molar-refractivity contribution >= 4 is 23.2 Å². The van der Waals surface area contributed by atoms with Gasteiger partial charge < -0.3 is 10.6 Å². The van der Waals surface area contributed by atoms with Gasteiger partial charge in [-0.3, -0.25) is 4.79 Å². The molecule has 108 valence electrons. The van der Waals surface area contributed by atoms with Crippen molar-refractivity contribution in [3.63, 3.8) is 0 Å². The fourth-order valence-electron chi connectivity index (χ4n) is 2.77. The molecule has 0 saturated heterocycles. The molecule has 1 heterocycles. The van der Waals surface area contributed by atoms with Crippen molar-refractivity contribution in [3.8, 4) is 0 Å². The lowest BCUT2D eigenvalue weighted by Gasteiger charge is -2.21. The Morgan fingerprint density at radius 2 is 1.67 bits per heavy atom. The largest absolute Gasteiger partial charge is 0.398 e. The summed E-state index contributed by atoms with van der Waals surface area (Å²) in [7, 11) is 0. The maximum atomic E-state index is 12.6. The predicted octanol–water partition coefficient (Wildman–Crippen LogP) is 3.16. The van der Waals surface area contributed by atoms with E-state index in [2.05, 4.69) is 12.1 Å². The Hall–Kier alpha value is -2.00. The molecular formula is C17H17ClN2O. The van der Waals surface area contributed by atoms with E-state index in [-0.39, 0.29) is 5.91 Å². The average Bonchev–Trinajstić information content (AvgIpc) is 2.69. The third-order valence-electron chi connectivity index (χ3n) is 3.95. The second kappa shape index (κ2) is 5.78. The molecule has 0 atom stereocenters. The molecular weight excluding hydrogens is 284 g/mol. The van der Waals surface area contributed by atoms with Gasteiger partial charge in [0.2, 0.25) is 0 Å². The smallest absolute Gasteiger partial charge is 0.255 e. The van der Waals surface area contributed by atoms with Crippen LogP contribution in [0.4, 0.5) is 5.69 Å². The molecule has 1 aliphatic rings. The maximum Gasteiger partial charge on any atom is 0.255 e. The van der Waals surface area contributed by atoms with E-state index in [1.54, 1.807) is 18.2 Å². The van der Waals surface area contributed by atoms with Crippen molar-refractivity contribution in [2.24, 2.45) is 0 Å². The molecule has 2 aromatic rings. The molecule has 4 heteroatoms. The summed E-state index contributed by atoms with van der Waals surface area (Å²) in [6.07, 6.45) is 1.77. The number of nitrogen functional groups attached to an aromatic ring is 1. The molecule has 0 radical (unpaired) electrons. The number of hydrogen-bond donors (Lipinski definition) is 1. The molecule has 2 aromatic carbocycles. The minimum absolute atomic E-state index is 0.0167. The van der Waals surface area contributed by atoms with Crippen LogP contribution >= 0.6 is 11.6 Å². The Morgan fingerprint density at radius 1 is 1.05 bits per heavy atom. The Bertz CT molecular complexity index is 657. The van der Waals surface area contributed by atoms with Crippen LogP contribution in [0.15, 0.2) is 42.5 Å². The highest BCUT2D eigenvalue weighted by Gasteiger charge is 2.21. The predicted molar refractivity (Wildman–Crippen MR) is 85.6 cm³/mol. The number of nitrogens with zero attached hydrogens (tertiary/aromatic N) is 1. The van der Waals surface area contributed by atoms with Gasteiger partial charge in [0.25, 0.3) is 5.91 Å². The molecule has 0 unspecified atom stereocenters. The zero-order valence-electron chi connectivity index (χ0n) is 11.7. The lowest BCUT2D eigenvalue weighted by atomic mass is 10.0. The third-order valence-corrected chi connectivity index (χ3v) is 4.19. The van der Waals surface area contributed by atoms with Crippen LogP contribution in [0.2, 0.25) is 5.02 Å². The van der Waals surface area contributed by atoms with Gasteiger partial charge in [-0.05, 0) is 42.2 Å². The van der Waals surface area contributed by atoms with E-state index in [1.807, 2.05) is 17.0 Å². The van der Waals surface area contributed by atoms with Crippen LogP contribution in [0.5, 0.6) is 0 Å². The Labute approximate surface area is 129 Å². The molecule has 3 rings (SSSR count). The van der Waals surface area contributed by atoms with E-state index in [0.717, 1.165) is 25.9 Å². The van der Waals surface area contributed by atoms with Crippen LogP contribution < -0.4 is 5.73 Å². The van der Waals surface area contributed by atoms with Gasteiger partial charge in [-0.25, -0.2) is 0 Å². The number of carbonyl (C=O) groups is 1.